The van der Waals surface area contributed by atoms with Crippen LogP contribution in [0.25, 0.3) is 22.2 Å². The lowest BCUT2D eigenvalue weighted by Crippen LogP contribution is -2.28. The van der Waals surface area contributed by atoms with Crippen molar-refractivity contribution in [3.05, 3.63) is 48.0 Å². The van der Waals surface area contributed by atoms with Gasteiger partial charge >= 0.3 is 6.03 Å². The lowest BCUT2D eigenvalue weighted by atomic mass is 10.1. The number of nitrogens with zero attached hydrogens (tertiary/aromatic N) is 2. The molecule has 2 aromatic carbocycles. The number of aromatic nitrogens is 1. The number of hydrogen-bond donors (Lipinski definition) is 2. The molecule has 1 saturated carbocycles. The molecule has 1 aromatic heterocycles. The molecule has 6 nitrogen and oxygen atoms in total. The van der Waals surface area contributed by atoms with E-state index in [0.717, 1.165) is 41.5 Å². The third-order valence-corrected chi connectivity index (χ3v) is 5.26. The van der Waals surface area contributed by atoms with E-state index in [1.165, 1.54) is 0 Å². The van der Waals surface area contributed by atoms with E-state index in [2.05, 4.69) is 21.3 Å². The van der Waals surface area contributed by atoms with Crippen molar-refractivity contribution in [2.24, 2.45) is 5.92 Å². The molecule has 0 saturated heterocycles. The number of anilines is 1. The van der Waals surface area contributed by atoms with Gasteiger partial charge in [0.05, 0.1) is 16.8 Å². The third-order valence-electron chi connectivity index (χ3n) is 5.26. The first-order chi connectivity index (χ1) is 14.6. The molecular weight excluding hydrogens is 383 g/mol. The van der Waals surface area contributed by atoms with Crippen LogP contribution in [0.1, 0.15) is 25.3 Å². The Morgan fingerprint density at radius 1 is 1.27 bits per heavy atom. The fourth-order valence-corrected chi connectivity index (χ4v) is 3.69. The van der Waals surface area contributed by atoms with Gasteiger partial charge in [0.2, 0.25) is 6.86 Å². The van der Waals surface area contributed by atoms with E-state index in [-0.39, 0.29) is 6.03 Å². The van der Waals surface area contributed by atoms with Crippen molar-refractivity contribution in [1.82, 2.24) is 9.88 Å². The molecular formula is C23H23FN4O2. The van der Waals surface area contributed by atoms with Gasteiger partial charge < -0.3 is 19.9 Å². The predicted octanol–water partition coefficient (Wildman–Crippen LogP) is 5.04. The average Bonchev–Trinajstić information content (AvgIpc) is 3.51. The number of nitrogens with one attached hydrogen (secondary N) is 2. The quantitative estimate of drug-likeness (QED) is 0.577. The molecule has 0 spiro atoms. The minimum atomic E-state index is -0.896. The van der Waals surface area contributed by atoms with Gasteiger partial charge in [-0.3, -0.25) is 0 Å². The minimum Gasteiger partial charge on any atom is -0.463 e. The maximum absolute atomic E-state index is 12.7. The second kappa shape index (κ2) is 8.46. The number of fused-ring (bicyclic) bond motifs is 1. The first kappa shape index (κ1) is 19.8. The summed E-state index contributed by atoms with van der Waals surface area (Å²) in [5, 5.41) is 16.2. The average molecular weight is 406 g/mol. The summed E-state index contributed by atoms with van der Waals surface area (Å²) in [4.78, 5) is 11.7. The fraction of sp³-hybridized carbons (Fsp3) is 0.304. The molecule has 7 heteroatoms. The highest BCUT2D eigenvalue weighted by Gasteiger charge is 2.26. The van der Waals surface area contributed by atoms with Crippen molar-refractivity contribution in [2.75, 3.05) is 18.7 Å². The summed E-state index contributed by atoms with van der Waals surface area (Å²) < 4.78 is 19.9. The summed E-state index contributed by atoms with van der Waals surface area (Å²) in [6, 6.07) is 14.8. The zero-order valence-electron chi connectivity index (χ0n) is 16.7. The van der Waals surface area contributed by atoms with Crippen molar-refractivity contribution < 1.29 is 13.9 Å². The van der Waals surface area contributed by atoms with Crippen LogP contribution >= 0.6 is 0 Å². The molecule has 154 valence electrons. The number of carbonyl (C=O) groups excluding carboxylic acids is 1. The van der Waals surface area contributed by atoms with Crippen LogP contribution in [0, 0.1) is 17.2 Å². The van der Waals surface area contributed by atoms with Crippen LogP contribution in [0.3, 0.4) is 0 Å². The molecule has 1 aliphatic rings. The van der Waals surface area contributed by atoms with Crippen molar-refractivity contribution in [3.8, 4) is 23.1 Å². The number of hydrogen-bond acceptors (Lipinski definition) is 3. The molecule has 0 atom stereocenters. The van der Waals surface area contributed by atoms with Gasteiger partial charge in [-0.25, -0.2) is 9.18 Å². The molecule has 1 heterocycles. The smallest absolute Gasteiger partial charge is 0.319 e. The molecule has 0 radical (unpaired) electrons. The van der Waals surface area contributed by atoms with Crippen LogP contribution in [-0.2, 0) is 6.54 Å². The molecule has 1 aliphatic carbocycles. The number of urea groups is 1. The van der Waals surface area contributed by atoms with Crippen molar-refractivity contribution in [3.63, 3.8) is 0 Å². The van der Waals surface area contributed by atoms with Crippen LogP contribution in [0.2, 0.25) is 0 Å². The van der Waals surface area contributed by atoms with Crippen LogP contribution in [-0.4, -0.2) is 24.0 Å². The minimum absolute atomic E-state index is 0.258. The van der Waals surface area contributed by atoms with Crippen molar-refractivity contribution in [2.45, 2.75) is 26.3 Å². The standard InChI is InChI=1S/C23H23FN4O2/c1-2-26-23(29)27-17-7-5-16(6-8-17)22-20(12-25)19-10-9-18(30-14-24)11-21(19)28(22)13-15-3-4-15/h5-11,15H,2-4,13-14H2,1H3,(H2,26,27,29). The van der Waals surface area contributed by atoms with E-state index in [9.17, 15) is 14.4 Å². The Balaban J connectivity index is 1.78. The van der Waals surface area contributed by atoms with E-state index in [1.54, 1.807) is 12.1 Å². The Morgan fingerprint density at radius 3 is 2.67 bits per heavy atom. The highest BCUT2D eigenvalue weighted by molar-refractivity contribution is 5.96. The van der Waals surface area contributed by atoms with Crippen LogP contribution in [0.4, 0.5) is 14.9 Å². The first-order valence-corrected chi connectivity index (χ1v) is 10.0. The number of amides is 2. The number of alkyl halides is 1. The summed E-state index contributed by atoms with van der Waals surface area (Å²) in [5.41, 5.74) is 3.84. The lowest BCUT2D eigenvalue weighted by Gasteiger charge is -2.12. The monoisotopic (exact) mass is 406 g/mol. The van der Waals surface area contributed by atoms with Crippen molar-refractivity contribution in [1.29, 1.82) is 5.26 Å². The molecule has 0 bridgehead atoms. The van der Waals surface area contributed by atoms with E-state index >= 15 is 0 Å². The summed E-state index contributed by atoms with van der Waals surface area (Å²) in [5.74, 6) is 1.02. The molecule has 4 rings (SSSR count). The predicted molar refractivity (Wildman–Crippen MR) is 114 cm³/mol. The zero-order valence-corrected chi connectivity index (χ0v) is 16.7. The van der Waals surface area contributed by atoms with Gasteiger partial charge in [-0.1, -0.05) is 12.1 Å². The van der Waals surface area contributed by atoms with Gasteiger partial charge in [0.15, 0.2) is 0 Å². The number of nitriles is 1. The molecule has 0 unspecified atom stereocenters. The number of ether oxygens (including phenoxy) is 1. The molecule has 30 heavy (non-hydrogen) atoms. The molecule has 2 amide bonds. The van der Waals surface area contributed by atoms with E-state index in [4.69, 9.17) is 4.74 Å². The fourth-order valence-electron chi connectivity index (χ4n) is 3.69. The van der Waals surface area contributed by atoms with E-state index in [1.807, 2.05) is 37.3 Å². The highest BCUT2D eigenvalue weighted by atomic mass is 19.1. The number of rotatable bonds is 7. The van der Waals surface area contributed by atoms with Crippen LogP contribution in [0.5, 0.6) is 5.75 Å². The van der Waals surface area contributed by atoms with E-state index < -0.39 is 6.86 Å². The lowest BCUT2D eigenvalue weighted by molar-refractivity contribution is 0.192. The second-order valence-corrected chi connectivity index (χ2v) is 7.38. The van der Waals surface area contributed by atoms with Gasteiger partial charge in [0.1, 0.15) is 11.8 Å². The Labute approximate surface area is 174 Å². The van der Waals surface area contributed by atoms with Gasteiger partial charge in [-0.2, -0.15) is 5.26 Å². The zero-order chi connectivity index (χ0) is 21.1. The van der Waals surface area contributed by atoms with Crippen molar-refractivity contribution >= 4 is 22.6 Å². The molecule has 3 aromatic rings. The normalized spacial score (nSPS) is 13.1. The largest absolute Gasteiger partial charge is 0.463 e. The Hall–Kier alpha value is -3.53. The van der Waals surface area contributed by atoms with Gasteiger partial charge in [0.25, 0.3) is 0 Å². The van der Waals surface area contributed by atoms with Gasteiger partial charge in [-0.05, 0) is 55.5 Å². The maximum Gasteiger partial charge on any atom is 0.319 e. The molecule has 1 fully saturated rings. The van der Waals surface area contributed by atoms with E-state index in [0.29, 0.717) is 29.5 Å². The Bertz CT molecular complexity index is 1110. The van der Waals surface area contributed by atoms with Gasteiger partial charge in [0, 0.05) is 30.2 Å². The van der Waals surface area contributed by atoms with Gasteiger partial charge in [-0.15, -0.1) is 0 Å². The third kappa shape index (κ3) is 3.94. The first-order valence-electron chi connectivity index (χ1n) is 10.0. The van der Waals surface area contributed by atoms with Crippen LogP contribution in [0.15, 0.2) is 42.5 Å². The Kier molecular flexibility index (Phi) is 5.57. The summed E-state index contributed by atoms with van der Waals surface area (Å²) in [7, 11) is 0. The number of halogens is 1. The molecule has 2 N–H and O–H groups in total. The topological polar surface area (TPSA) is 79.1 Å². The number of carbonyl (C=O) groups is 1. The second-order valence-electron chi connectivity index (χ2n) is 7.38. The van der Waals surface area contributed by atoms with Crippen LogP contribution < -0.4 is 15.4 Å². The maximum atomic E-state index is 12.7. The molecule has 0 aliphatic heterocycles. The summed E-state index contributed by atoms with van der Waals surface area (Å²) >= 11 is 0. The SMILES string of the molecule is CCNC(=O)Nc1ccc(-c2c(C#N)c3ccc(OCF)cc3n2CC2CC2)cc1. The highest BCUT2D eigenvalue weighted by Crippen LogP contribution is 2.39. The summed E-state index contributed by atoms with van der Waals surface area (Å²) in [6.07, 6.45) is 2.33. The Morgan fingerprint density at radius 2 is 2.03 bits per heavy atom. The summed E-state index contributed by atoms with van der Waals surface area (Å²) in [6.45, 7) is 2.30. The number of benzene rings is 2.